The van der Waals surface area contributed by atoms with Gasteiger partial charge in [-0.1, -0.05) is 12.1 Å². The van der Waals surface area contributed by atoms with Crippen LogP contribution in [0, 0.1) is 5.82 Å². The maximum absolute atomic E-state index is 13.4. The van der Waals surface area contributed by atoms with Gasteiger partial charge in [-0.25, -0.2) is 12.8 Å². The maximum atomic E-state index is 13.4. The summed E-state index contributed by atoms with van der Waals surface area (Å²) in [6.07, 6.45) is 2.33. The zero-order valence-corrected chi connectivity index (χ0v) is 11.8. The van der Waals surface area contributed by atoms with Crippen molar-refractivity contribution < 1.29 is 30.3 Å². The molecule has 2 aromatic rings. The number of hydrogen-bond donors (Lipinski definition) is 2. The van der Waals surface area contributed by atoms with Crippen LogP contribution >= 0.6 is 10.7 Å². The van der Waals surface area contributed by atoms with Crippen LogP contribution in [0.25, 0.3) is 10.8 Å². The normalized spacial score (nSPS) is 11.8. The fraction of sp³-hybridized carbons (Fsp3) is 0. The maximum Gasteiger partial charge on any atom is 0.394 e. The third-order valence-corrected chi connectivity index (χ3v) is 3.33. The minimum atomic E-state index is -4.67. The largest absolute Gasteiger partial charge is 0.394 e. The van der Waals surface area contributed by atoms with Gasteiger partial charge in [-0.15, -0.1) is 0 Å². The lowest BCUT2D eigenvalue weighted by molar-refractivity contribution is 0.381. The lowest BCUT2D eigenvalue weighted by Crippen LogP contribution is -1.94. The molecule has 0 fully saturated rings. The van der Waals surface area contributed by atoms with Gasteiger partial charge in [0.05, 0.1) is 11.1 Å². The van der Waals surface area contributed by atoms with Gasteiger partial charge < -0.3 is 0 Å². The highest BCUT2D eigenvalue weighted by Gasteiger charge is 2.16. The SMILES string of the molecule is O=S(=O)(Cl)c1cccc2cncc(F)c12.O=S(=O)(O)O. The molecule has 0 saturated carbocycles. The average Bonchev–Trinajstić information content (AvgIpc) is 2.25. The van der Waals surface area contributed by atoms with Crippen molar-refractivity contribution in [3.05, 3.63) is 36.4 Å². The first-order valence-electron chi connectivity index (χ1n) is 4.67. The number of nitrogens with zero attached hydrogens (tertiary/aromatic N) is 1. The zero-order valence-electron chi connectivity index (χ0n) is 9.43. The molecular formula is C9H7ClFNO6S2. The fourth-order valence-corrected chi connectivity index (χ4v) is 2.45. The highest BCUT2D eigenvalue weighted by Crippen LogP contribution is 2.26. The van der Waals surface area contributed by atoms with Crippen LogP contribution in [0.4, 0.5) is 4.39 Å². The molecule has 0 aliphatic carbocycles. The summed E-state index contributed by atoms with van der Waals surface area (Å²) in [6.45, 7) is 0. The topological polar surface area (TPSA) is 122 Å². The second kappa shape index (κ2) is 5.97. The van der Waals surface area contributed by atoms with Crippen LogP contribution in [-0.4, -0.2) is 30.9 Å². The first kappa shape index (κ1) is 16.7. The fourth-order valence-electron chi connectivity index (χ4n) is 1.36. The van der Waals surface area contributed by atoms with Gasteiger partial charge in [0.15, 0.2) is 5.82 Å². The summed E-state index contributed by atoms with van der Waals surface area (Å²) in [4.78, 5) is 3.39. The molecule has 2 N–H and O–H groups in total. The Morgan fingerprint density at radius 2 is 1.65 bits per heavy atom. The number of aromatic nitrogens is 1. The van der Waals surface area contributed by atoms with Crippen LogP contribution in [0.5, 0.6) is 0 Å². The monoisotopic (exact) mass is 343 g/mol. The van der Waals surface area contributed by atoms with Crippen molar-refractivity contribution >= 4 is 40.9 Å². The van der Waals surface area contributed by atoms with Crippen molar-refractivity contribution in [3.8, 4) is 0 Å². The van der Waals surface area contributed by atoms with E-state index in [0.717, 1.165) is 6.20 Å². The van der Waals surface area contributed by atoms with E-state index in [2.05, 4.69) is 4.98 Å². The van der Waals surface area contributed by atoms with E-state index in [1.54, 1.807) is 6.07 Å². The molecule has 0 bridgehead atoms. The Hall–Kier alpha value is -1.33. The van der Waals surface area contributed by atoms with Gasteiger partial charge in [-0.05, 0) is 6.07 Å². The van der Waals surface area contributed by atoms with E-state index in [9.17, 15) is 12.8 Å². The van der Waals surface area contributed by atoms with Crippen molar-refractivity contribution in [3.63, 3.8) is 0 Å². The van der Waals surface area contributed by atoms with Crippen LogP contribution in [-0.2, 0) is 19.4 Å². The molecule has 110 valence electrons. The predicted octanol–water partition coefficient (Wildman–Crippen LogP) is 1.65. The summed E-state index contributed by atoms with van der Waals surface area (Å²) >= 11 is 0. The van der Waals surface area contributed by atoms with Crippen LogP contribution in [0.3, 0.4) is 0 Å². The molecule has 0 saturated heterocycles. The number of hydrogen-bond acceptors (Lipinski definition) is 5. The lowest BCUT2D eigenvalue weighted by atomic mass is 10.2. The van der Waals surface area contributed by atoms with Gasteiger partial charge in [0.1, 0.15) is 0 Å². The van der Waals surface area contributed by atoms with E-state index < -0.39 is 25.3 Å². The average molecular weight is 344 g/mol. The summed E-state index contributed by atoms with van der Waals surface area (Å²) in [7, 11) is -3.42. The standard InChI is InChI=1S/C9H5ClFNO2S.H2O4S/c10-15(13,14)8-3-1-2-6-4-12-5-7(11)9(6)8;1-5(2,3)4/h1-5H;(H2,1,2,3,4). The Morgan fingerprint density at radius 1 is 1.10 bits per heavy atom. The van der Waals surface area contributed by atoms with Crippen molar-refractivity contribution in [2.75, 3.05) is 0 Å². The van der Waals surface area contributed by atoms with Gasteiger partial charge in [0.25, 0.3) is 9.05 Å². The molecule has 0 atom stereocenters. The number of fused-ring (bicyclic) bond motifs is 1. The molecule has 1 aromatic heterocycles. The molecule has 2 rings (SSSR count). The lowest BCUT2D eigenvalue weighted by Gasteiger charge is -2.03. The predicted molar refractivity (Wildman–Crippen MR) is 68.9 cm³/mol. The summed E-state index contributed by atoms with van der Waals surface area (Å²) in [5.74, 6) is -0.702. The van der Waals surface area contributed by atoms with E-state index in [1.807, 2.05) is 0 Å². The minimum absolute atomic E-state index is 0.0255. The van der Waals surface area contributed by atoms with Gasteiger partial charge in [-0.2, -0.15) is 8.42 Å². The van der Waals surface area contributed by atoms with Crippen molar-refractivity contribution in [1.29, 1.82) is 0 Å². The highest BCUT2D eigenvalue weighted by molar-refractivity contribution is 8.14. The van der Waals surface area contributed by atoms with E-state index in [0.29, 0.717) is 5.39 Å². The van der Waals surface area contributed by atoms with Gasteiger partial charge in [-0.3, -0.25) is 14.1 Å². The summed E-state index contributed by atoms with van der Waals surface area (Å²) in [5.41, 5.74) is 0. The highest BCUT2D eigenvalue weighted by atomic mass is 35.7. The van der Waals surface area contributed by atoms with Gasteiger partial charge in [0.2, 0.25) is 0 Å². The molecule has 0 unspecified atom stereocenters. The second-order valence-corrected chi connectivity index (χ2v) is 6.79. The minimum Gasteiger partial charge on any atom is -0.264 e. The Labute approximate surface area is 118 Å². The number of rotatable bonds is 1. The molecule has 0 aliphatic rings. The van der Waals surface area contributed by atoms with Crippen molar-refractivity contribution in [2.45, 2.75) is 4.90 Å². The number of benzene rings is 1. The first-order chi connectivity index (χ1) is 9.00. The van der Waals surface area contributed by atoms with Gasteiger partial charge >= 0.3 is 10.4 Å². The van der Waals surface area contributed by atoms with Crippen molar-refractivity contribution in [2.24, 2.45) is 0 Å². The third kappa shape index (κ3) is 4.98. The molecule has 20 heavy (non-hydrogen) atoms. The number of pyridine rings is 1. The third-order valence-electron chi connectivity index (χ3n) is 1.96. The summed E-state index contributed by atoms with van der Waals surface area (Å²) in [5, 5.41) is 0.374. The molecule has 11 heteroatoms. The molecule has 1 aromatic carbocycles. The Kier molecular flexibility index (Phi) is 5.00. The van der Waals surface area contributed by atoms with Gasteiger partial charge in [0, 0.05) is 27.7 Å². The van der Waals surface area contributed by atoms with E-state index in [4.69, 9.17) is 28.2 Å². The van der Waals surface area contributed by atoms with Crippen LogP contribution in [0.15, 0.2) is 35.5 Å². The first-order valence-corrected chi connectivity index (χ1v) is 8.37. The molecule has 0 radical (unpaired) electrons. The van der Waals surface area contributed by atoms with E-state index >= 15 is 0 Å². The van der Waals surface area contributed by atoms with Crippen LogP contribution < -0.4 is 0 Å². The second-order valence-electron chi connectivity index (χ2n) is 3.36. The molecule has 0 spiro atoms. The smallest absolute Gasteiger partial charge is 0.264 e. The number of halogens is 2. The van der Waals surface area contributed by atoms with E-state index in [-0.39, 0.29) is 10.3 Å². The quantitative estimate of drug-likeness (QED) is 0.596. The Morgan fingerprint density at radius 3 is 2.15 bits per heavy atom. The summed E-state index contributed by atoms with van der Waals surface area (Å²) in [6, 6.07) is 4.31. The molecule has 0 aliphatic heterocycles. The Balaban J connectivity index is 0.000000347. The Bertz CT molecular complexity index is 823. The molecular weight excluding hydrogens is 337 g/mol. The molecule has 0 amide bonds. The molecule has 7 nitrogen and oxygen atoms in total. The van der Waals surface area contributed by atoms with Crippen LogP contribution in [0.2, 0.25) is 0 Å². The summed E-state index contributed by atoms with van der Waals surface area (Å²) < 4.78 is 67.3. The van der Waals surface area contributed by atoms with Crippen LogP contribution in [0.1, 0.15) is 0 Å². The zero-order chi connectivity index (χ0) is 15.6. The van der Waals surface area contributed by atoms with E-state index in [1.165, 1.54) is 18.3 Å². The van der Waals surface area contributed by atoms with Crippen molar-refractivity contribution in [1.82, 2.24) is 4.98 Å². The molecule has 1 heterocycles.